The number of methoxy groups -OCH3 is 1. The Hall–Kier alpha value is -1.34. The molecule has 0 radical (unpaired) electrons. The molecule has 0 saturated carbocycles. The lowest BCUT2D eigenvalue weighted by atomic mass is 10.0. The lowest BCUT2D eigenvalue weighted by molar-refractivity contribution is -0.175. The molecule has 0 aromatic carbocycles. The fraction of sp³-hybridized carbons (Fsp3) is 0.643. The number of aliphatic hydroxyl groups is 1. The fourth-order valence-corrected chi connectivity index (χ4v) is 2.01. The van der Waals surface area contributed by atoms with Gasteiger partial charge in [-0.3, -0.25) is 4.98 Å². The van der Waals surface area contributed by atoms with E-state index in [1.807, 2.05) is 13.8 Å². The number of aromatic nitrogens is 1. The van der Waals surface area contributed by atoms with Gasteiger partial charge >= 0.3 is 6.18 Å². The van der Waals surface area contributed by atoms with E-state index in [0.717, 1.165) is 11.1 Å². The number of rotatable bonds is 7. The van der Waals surface area contributed by atoms with Gasteiger partial charge in [-0.1, -0.05) is 0 Å². The molecule has 1 aromatic rings. The zero-order valence-corrected chi connectivity index (χ0v) is 12.3. The van der Waals surface area contributed by atoms with Crippen LogP contribution in [0, 0.1) is 13.8 Å². The van der Waals surface area contributed by atoms with Crippen LogP contribution in [-0.4, -0.2) is 42.7 Å². The van der Waals surface area contributed by atoms with Crippen LogP contribution in [0.3, 0.4) is 0 Å². The zero-order valence-electron chi connectivity index (χ0n) is 12.3. The highest BCUT2D eigenvalue weighted by atomic mass is 19.4. The van der Waals surface area contributed by atoms with Crippen molar-refractivity contribution in [1.29, 1.82) is 0 Å². The number of alkyl halides is 3. The van der Waals surface area contributed by atoms with E-state index in [2.05, 4.69) is 9.72 Å². The van der Waals surface area contributed by atoms with E-state index in [0.29, 0.717) is 11.4 Å². The number of hydrogen-bond donors (Lipinski definition) is 1. The van der Waals surface area contributed by atoms with Gasteiger partial charge in [0.1, 0.15) is 12.4 Å². The van der Waals surface area contributed by atoms with Crippen molar-refractivity contribution in [2.45, 2.75) is 39.0 Å². The van der Waals surface area contributed by atoms with Crippen molar-refractivity contribution >= 4 is 0 Å². The topological polar surface area (TPSA) is 51.6 Å². The van der Waals surface area contributed by atoms with Crippen LogP contribution in [0.1, 0.15) is 23.2 Å². The first-order chi connectivity index (χ1) is 9.74. The Kier molecular flexibility index (Phi) is 6.42. The number of nitrogens with zero attached hydrogens (tertiary/aromatic N) is 1. The minimum Gasteiger partial charge on any atom is -0.496 e. The number of halogens is 3. The van der Waals surface area contributed by atoms with Crippen LogP contribution in [0.15, 0.2) is 6.20 Å². The van der Waals surface area contributed by atoms with E-state index in [1.165, 1.54) is 0 Å². The van der Waals surface area contributed by atoms with E-state index in [9.17, 15) is 18.3 Å². The summed E-state index contributed by atoms with van der Waals surface area (Å²) in [7, 11) is 1.56. The minimum atomic E-state index is -4.34. The highest BCUT2D eigenvalue weighted by Gasteiger charge is 2.27. The summed E-state index contributed by atoms with van der Waals surface area (Å²) in [6.45, 7) is 2.25. The highest BCUT2D eigenvalue weighted by Crippen LogP contribution is 2.25. The maximum Gasteiger partial charge on any atom is 0.411 e. The number of aliphatic hydroxyl groups excluding tert-OH is 1. The van der Waals surface area contributed by atoms with Crippen molar-refractivity contribution in [2.75, 3.05) is 20.3 Å². The van der Waals surface area contributed by atoms with E-state index in [1.54, 1.807) is 13.3 Å². The summed E-state index contributed by atoms with van der Waals surface area (Å²) in [5.74, 6) is 0.709. The summed E-state index contributed by atoms with van der Waals surface area (Å²) in [6, 6.07) is 0. The Morgan fingerprint density at radius 2 is 2.00 bits per heavy atom. The van der Waals surface area contributed by atoms with Crippen LogP contribution in [0.4, 0.5) is 13.2 Å². The van der Waals surface area contributed by atoms with Crippen LogP contribution in [0.5, 0.6) is 5.75 Å². The highest BCUT2D eigenvalue weighted by molar-refractivity contribution is 5.41. The Morgan fingerprint density at radius 1 is 1.33 bits per heavy atom. The summed E-state index contributed by atoms with van der Waals surface area (Å²) in [6.07, 6.45) is -3.14. The lowest BCUT2D eigenvalue weighted by Gasteiger charge is -2.15. The second kappa shape index (κ2) is 7.61. The van der Waals surface area contributed by atoms with Gasteiger partial charge in [0.05, 0.1) is 13.2 Å². The molecule has 1 heterocycles. The molecule has 0 bridgehead atoms. The van der Waals surface area contributed by atoms with Gasteiger partial charge in [-0.2, -0.15) is 13.2 Å². The Morgan fingerprint density at radius 3 is 2.57 bits per heavy atom. The Balaban J connectivity index is 2.50. The van der Waals surface area contributed by atoms with E-state index >= 15 is 0 Å². The molecule has 120 valence electrons. The van der Waals surface area contributed by atoms with Gasteiger partial charge in [-0.05, 0) is 20.3 Å². The molecule has 1 N–H and O–H groups in total. The second-order valence-electron chi connectivity index (χ2n) is 4.86. The average Bonchev–Trinajstić information content (AvgIpc) is 2.38. The lowest BCUT2D eigenvalue weighted by Crippen LogP contribution is -2.20. The number of ether oxygens (including phenoxy) is 2. The molecule has 0 fully saturated rings. The van der Waals surface area contributed by atoms with Crippen LogP contribution < -0.4 is 4.74 Å². The molecule has 0 saturated heterocycles. The predicted octanol–water partition coefficient (Wildman–Crippen LogP) is 2.58. The van der Waals surface area contributed by atoms with Crippen LogP contribution in [0.25, 0.3) is 0 Å². The molecule has 0 amide bonds. The number of pyridine rings is 1. The normalized spacial score (nSPS) is 13.3. The van der Waals surface area contributed by atoms with E-state index in [4.69, 9.17) is 4.74 Å². The smallest absolute Gasteiger partial charge is 0.411 e. The molecular weight excluding hydrogens is 287 g/mol. The van der Waals surface area contributed by atoms with Crippen molar-refractivity contribution in [3.05, 3.63) is 23.0 Å². The molecule has 0 aliphatic carbocycles. The third-order valence-corrected chi connectivity index (χ3v) is 3.04. The van der Waals surface area contributed by atoms with Gasteiger partial charge in [0.25, 0.3) is 0 Å². The van der Waals surface area contributed by atoms with Crippen molar-refractivity contribution in [3.8, 4) is 5.75 Å². The molecule has 1 rings (SSSR count). The summed E-state index contributed by atoms with van der Waals surface area (Å²) in [4.78, 5) is 4.23. The predicted molar refractivity (Wildman–Crippen MR) is 71.5 cm³/mol. The molecule has 1 aromatic heterocycles. The van der Waals surface area contributed by atoms with Crippen molar-refractivity contribution in [1.82, 2.24) is 4.98 Å². The second-order valence-corrected chi connectivity index (χ2v) is 4.86. The third kappa shape index (κ3) is 5.89. The zero-order chi connectivity index (χ0) is 16.0. The molecule has 0 aliphatic rings. The summed E-state index contributed by atoms with van der Waals surface area (Å²) in [5.41, 5.74) is 2.38. The molecule has 4 nitrogen and oxygen atoms in total. The maximum absolute atomic E-state index is 11.9. The SMILES string of the molecule is COc1c(C)cnc(CC(O)CCOCC(F)(F)F)c1C. The monoisotopic (exact) mass is 307 g/mol. The molecule has 7 heteroatoms. The maximum atomic E-state index is 11.9. The number of aryl methyl sites for hydroxylation is 1. The van der Waals surface area contributed by atoms with Gasteiger partial charge in [0.2, 0.25) is 0 Å². The Labute approximate surface area is 121 Å². The Bertz CT molecular complexity index is 464. The van der Waals surface area contributed by atoms with E-state index < -0.39 is 18.9 Å². The van der Waals surface area contributed by atoms with Crippen molar-refractivity contribution < 1.29 is 27.8 Å². The summed E-state index contributed by atoms with van der Waals surface area (Å²) >= 11 is 0. The first-order valence-electron chi connectivity index (χ1n) is 6.56. The molecule has 21 heavy (non-hydrogen) atoms. The summed E-state index contributed by atoms with van der Waals surface area (Å²) in [5, 5.41) is 9.85. The van der Waals surface area contributed by atoms with Crippen LogP contribution >= 0.6 is 0 Å². The van der Waals surface area contributed by atoms with Crippen molar-refractivity contribution in [3.63, 3.8) is 0 Å². The average molecular weight is 307 g/mol. The number of hydrogen-bond acceptors (Lipinski definition) is 4. The third-order valence-electron chi connectivity index (χ3n) is 3.04. The van der Waals surface area contributed by atoms with Crippen LogP contribution in [-0.2, 0) is 11.2 Å². The summed E-state index contributed by atoms with van der Waals surface area (Å²) < 4.78 is 45.4. The largest absolute Gasteiger partial charge is 0.496 e. The quantitative estimate of drug-likeness (QED) is 0.787. The van der Waals surface area contributed by atoms with Gasteiger partial charge in [0, 0.05) is 36.0 Å². The standard InChI is InChI=1S/C14H20F3NO3/c1-9-7-18-12(10(2)13(9)20-3)6-11(19)4-5-21-8-14(15,16)17/h7,11,19H,4-6,8H2,1-3H3. The first kappa shape index (κ1) is 17.7. The van der Waals surface area contributed by atoms with Crippen molar-refractivity contribution in [2.24, 2.45) is 0 Å². The fourth-order valence-electron chi connectivity index (χ4n) is 2.01. The first-order valence-corrected chi connectivity index (χ1v) is 6.56. The van der Waals surface area contributed by atoms with Gasteiger partial charge < -0.3 is 14.6 Å². The molecule has 1 unspecified atom stereocenters. The molecule has 1 atom stereocenters. The molecule has 0 aliphatic heterocycles. The van der Waals surface area contributed by atoms with Crippen LogP contribution in [0.2, 0.25) is 0 Å². The molecular formula is C14H20F3NO3. The van der Waals surface area contributed by atoms with Gasteiger partial charge in [-0.25, -0.2) is 0 Å². The van der Waals surface area contributed by atoms with E-state index in [-0.39, 0.29) is 19.4 Å². The van der Waals surface area contributed by atoms with Gasteiger partial charge in [-0.15, -0.1) is 0 Å². The molecule has 0 spiro atoms. The van der Waals surface area contributed by atoms with Gasteiger partial charge in [0.15, 0.2) is 0 Å². The minimum absolute atomic E-state index is 0.118.